The first-order valence-electron chi connectivity index (χ1n) is 7.57. The van der Waals surface area contributed by atoms with E-state index in [-0.39, 0.29) is 17.3 Å². The highest BCUT2D eigenvalue weighted by Crippen LogP contribution is 2.17. The fourth-order valence-corrected chi connectivity index (χ4v) is 3.43. The molecule has 1 N–H and O–H groups in total. The van der Waals surface area contributed by atoms with Gasteiger partial charge in [-0.05, 0) is 37.6 Å². The van der Waals surface area contributed by atoms with Crippen LogP contribution in [0, 0.1) is 6.92 Å². The van der Waals surface area contributed by atoms with Crippen LogP contribution in [0.1, 0.15) is 18.1 Å². The highest BCUT2D eigenvalue weighted by molar-refractivity contribution is 9.10. The summed E-state index contributed by atoms with van der Waals surface area (Å²) in [7, 11) is -2.33. The van der Waals surface area contributed by atoms with E-state index in [1.807, 2.05) is 0 Å². The molecule has 25 heavy (non-hydrogen) atoms. The molecule has 1 heterocycles. The van der Waals surface area contributed by atoms with Gasteiger partial charge in [0.25, 0.3) is 0 Å². The number of nitrogens with zero attached hydrogens (tertiary/aromatic N) is 3. The van der Waals surface area contributed by atoms with Crippen LogP contribution < -0.4 is 5.32 Å². The molecule has 0 saturated carbocycles. The molecule has 2 rings (SSSR count). The summed E-state index contributed by atoms with van der Waals surface area (Å²) in [5, 5.41) is 6.36. The Hall–Kier alpha value is -1.78. The van der Waals surface area contributed by atoms with Gasteiger partial charge in [-0.2, -0.15) is 9.29 Å². The molecule has 0 aliphatic carbocycles. The van der Waals surface area contributed by atoms with Gasteiger partial charge in [0.2, 0.25) is 21.8 Å². The van der Waals surface area contributed by atoms with Crippen molar-refractivity contribution in [2.45, 2.75) is 24.7 Å². The lowest BCUT2D eigenvalue weighted by atomic mass is 10.3. The zero-order valence-corrected chi connectivity index (χ0v) is 16.3. The molecule has 1 aromatic heterocycles. The van der Waals surface area contributed by atoms with E-state index in [4.69, 9.17) is 4.52 Å². The Morgan fingerprint density at radius 2 is 2.00 bits per heavy atom. The van der Waals surface area contributed by atoms with Crippen molar-refractivity contribution in [2.24, 2.45) is 0 Å². The molecule has 1 aromatic carbocycles. The molecular weight excluding hydrogens is 412 g/mol. The third-order valence-electron chi connectivity index (χ3n) is 3.35. The second-order valence-electron chi connectivity index (χ2n) is 5.40. The van der Waals surface area contributed by atoms with Crippen molar-refractivity contribution < 1.29 is 17.7 Å². The van der Waals surface area contributed by atoms with E-state index < -0.39 is 10.0 Å². The minimum Gasteiger partial charge on any atom is -0.355 e. The molecular formula is C15H19BrN4O4S. The van der Waals surface area contributed by atoms with Crippen LogP contribution in [0.4, 0.5) is 0 Å². The second-order valence-corrected chi connectivity index (χ2v) is 8.36. The number of likely N-dealkylation sites (N-methyl/N-ethyl adjacent to an activating group) is 1. The zero-order valence-electron chi connectivity index (χ0n) is 13.9. The predicted molar refractivity (Wildman–Crippen MR) is 94.3 cm³/mol. The van der Waals surface area contributed by atoms with Crippen molar-refractivity contribution in [1.82, 2.24) is 19.8 Å². The first-order valence-corrected chi connectivity index (χ1v) is 9.80. The molecule has 0 fully saturated rings. The van der Waals surface area contributed by atoms with Crippen molar-refractivity contribution in [1.29, 1.82) is 0 Å². The molecule has 0 radical (unpaired) electrons. The number of carbonyl (C=O) groups excluding carboxylic acids is 1. The van der Waals surface area contributed by atoms with Gasteiger partial charge in [-0.15, -0.1) is 0 Å². The molecule has 0 aliphatic rings. The molecule has 0 spiro atoms. The summed E-state index contributed by atoms with van der Waals surface area (Å²) in [6, 6.07) is 6.25. The maximum atomic E-state index is 12.4. The Labute approximate surface area is 154 Å². The molecule has 1 amide bonds. The molecule has 0 bridgehead atoms. The Bertz CT molecular complexity index is 820. The number of hydrogen-bond donors (Lipinski definition) is 1. The van der Waals surface area contributed by atoms with Crippen molar-refractivity contribution in [2.75, 3.05) is 20.1 Å². The minimum atomic E-state index is -3.70. The molecule has 8 nitrogen and oxygen atoms in total. The van der Waals surface area contributed by atoms with Crippen molar-refractivity contribution >= 4 is 31.9 Å². The lowest BCUT2D eigenvalue weighted by Crippen LogP contribution is -2.38. The normalized spacial score (nSPS) is 11.7. The molecule has 0 atom stereocenters. The summed E-state index contributed by atoms with van der Waals surface area (Å²) in [5.74, 6) is 0.713. The quantitative estimate of drug-likeness (QED) is 0.636. The van der Waals surface area contributed by atoms with Gasteiger partial charge in [0, 0.05) is 24.5 Å². The first-order chi connectivity index (χ1) is 11.8. The standard InChI is InChI=1S/C15H19BrN4O4S/c1-11-18-15(24-19-11)4-3-9-17-14(21)10-20(2)25(22,23)13-7-5-12(16)6-8-13/h5-8H,3-4,9-10H2,1-2H3,(H,17,21). The second kappa shape index (κ2) is 8.54. The van der Waals surface area contributed by atoms with Gasteiger partial charge in [0.1, 0.15) is 0 Å². The summed E-state index contributed by atoms with van der Waals surface area (Å²) in [4.78, 5) is 16.1. The van der Waals surface area contributed by atoms with Gasteiger partial charge in [0.05, 0.1) is 11.4 Å². The van der Waals surface area contributed by atoms with Crippen LogP contribution in [0.3, 0.4) is 0 Å². The highest BCUT2D eigenvalue weighted by Gasteiger charge is 2.22. The third-order valence-corrected chi connectivity index (χ3v) is 5.69. The van der Waals surface area contributed by atoms with Gasteiger partial charge in [-0.1, -0.05) is 21.1 Å². The number of amides is 1. The Kier molecular flexibility index (Phi) is 6.68. The van der Waals surface area contributed by atoms with E-state index in [9.17, 15) is 13.2 Å². The number of aryl methyl sites for hydroxylation is 2. The van der Waals surface area contributed by atoms with Crippen LogP contribution in [0.5, 0.6) is 0 Å². The van der Waals surface area contributed by atoms with Crippen LogP contribution >= 0.6 is 15.9 Å². The summed E-state index contributed by atoms with van der Waals surface area (Å²) in [6.45, 7) is 1.88. The number of nitrogens with one attached hydrogen (secondary N) is 1. The van der Waals surface area contributed by atoms with Crippen LogP contribution in [-0.2, 0) is 21.2 Å². The van der Waals surface area contributed by atoms with Crippen LogP contribution in [0.2, 0.25) is 0 Å². The molecule has 0 saturated heterocycles. The maximum absolute atomic E-state index is 12.4. The fraction of sp³-hybridized carbons (Fsp3) is 0.400. The predicted octanol–water partition coefficient (Wildman–Crippen LogP) is 1.51. The number of rotatable bonds is 8. The molecule has 10 heteroatoms. The third kappa shape index (κ3) is 5.62. The lowest BCUT2D eigenvalue weighted by molar-refractivity contribution is -0.121. The Balaban J connectivity index is 1.79. The monoisotopic (exact) mass is 430 g/mol. The van der Waals surface area contributed by atoms with Gasteiger partial charge in [-0.3, -0.25) is 4.79 Å². The number of halogens is 1. The fourth-order valence-electron chi connectivity index (χ4n) is 2.04. The summed E-state index contributed by atoms with van der Waals surface area (Å²) < 4.78 is 31.6. The summed E-state index contributed by atoms with van der Waals surface area (Å²) >= 11 is 3.26. The highest BCUT2D eigenvalue weighted by atomic mass is 79.9. The topological polar surface area (TPSA) is 105 Å². The van der Waals surface area contributed by atoms with E-state index in [1.54, 1.807) is 19.1 Å². The zero-order chi connectivity index (χ0) is 18.4. The van der Waals surface area contributed by atoms with Crippen LogP contribution in [0.25, 0.3) is 0 Å². The van der Waals surface area contributed by atoms with E-state index in [1.165, 1.54) is 19.2 Å². The van der Waals surface area contributed by atoms with Gasteiger partial charge in [-0.25, -0.2) is 8.42 Å². The Morgan fingerprint density at radius 3 is 2.60 bits per heavy atom. The number of benzene rings is 1. The average molecular weight is 431 g/mol. The Morgan fingerprint density at radius 1 is 1.32 bits per heavy atom. The lowest BCUT2D eigenvalue weighted by Gasteiger charge is -2.16. The first kappa shape index (κ1) is 19.5. The molecule has 0 unspecified atom stereocenters. The SMILES string of the molecule is Cc1noc(CCCNC(=O)CN(C)S(=O)(=O)c2ccc(Br)cc2)n1. The van der Waals surface area contributed by atoms with E-state index >= 15 is 0 Å². The summed E-state index contributed by atoms with van der Waals surface area (Å²) in [6.07, 6.45) is 1.17. The number of sulfonamides is 1. The van der Waals surface area contributed by atoms with Gasteiger partial charge < -0.3 is 9.84 Å². The number of aromatic nitrogens is 2. The largest absolute Gasteiger partial charge is 0.355 e. The van der Waals surface area contributed by atoms with E-state index in [0.29, 0.717) is 31.1 Å². The average Bonchev–Trinajstić information content (AvgIpc) is 2.97. The molecule has 2 aromatic rings. The van der Waals surface area contributed by atoms with Crippen LogP contribution in [-0.4, -0.2) is 48.9 Å². The van der Waals surface area contributed by atoms with Gasteiger partial charge in [0.15, 0.2) is 5.82 Å². The molecule has 136 valence electrons. The number of hydrogen-bond acceptors (Lipinski definition) is 6. The molecule has 0 aliphatic heterocycles. The van der Waals surface area contributed by atoms with Crippen molar-refractivity contribution in [3.05, 3.63) is 40.5 Å². The smallest absolute Gasteiger partial charge is 0.243 e. The van der Waals surface area contributed by atoms with Gasteiger partial charge >= 0.3 is 0 Å². The van der Waals surface area contributed by atoms with E-state index in [2.05, 4.69) is 31.4 Å². The van der Waals surface area contributed by atoms with Crippen molar-refractivity contribution in [3.8, 4) is 0 Å². The van der Waals surface area contributed by atoms with E-state index in [0.717, 1.165) is 8.78 Å². The van der Waals surface area contributed by atoms with Crippen molar-refractivity contribution in [3.63, 3.8) is 0 Å². The van der Waals surface area contributed by atoms with Crippen LogP contribution in [0.15, 0.2) is 38.2 Å². The maximum Gasteiger partial charge on any atom is 0.243 e. The minimum absolute atomic E-state index is 0.137. The summed E-state index contributed by atoms with van der Waals surface area (Å²) in [5.41, 5.74) is 0. The number of carbonyl (C=O) groups is 1.